The van der Waals surface area contributed by atoms with Crippen LogP contribution in [0, 0.1) is 0 Å². The summed E-state index contributed by atoms with van der Waals surface area (Å²) < 4.78 is 25.5. The summed E-state index contributed by atoms with van der Waals surface area (Å²) in [5, 5.41) is 12.9. The molecule has 0 aliphatic carbocycles. The predicted molar refractivity (Wildman–Crippen MR) is 83.3 cm³/mol. The van der Waals surface area contributed by atoms with E-state index in [0.717, 1.165) is 5.56 Å². The number of halogens is 3. The smallest absolute Gasteiger partial charge is 0.255 e. The van der Waals surface area contributed by atoms with E-state index < -0.39 is 13.0 Å². The van der Waals surface area contributed by atoms with Crippen LogP contribution in [0.2, 0.25) is 5.02 Å². The largest absolute Gasteiger partial charge is 0.395 e. The van der Waals surface area contributed by atoms with Crippen molar-refractivity contribution in [3.8, 4) is 0 Å². The van der Waals surface area contributed by atoms with E-state index in [0.29, 0.717) is 17.3 Å². The number of nitrogens with one attached hydrogen (secondary N) is 1. The maximum atomic E-state index is 12.7. The van der Waals surface area contributed by atoms with Gasteiger partial charge in [-0.3, -0.25) is 0 Å². The van der Waals surface area contributed by atoms with Crippen molar-refractivity contribution in [3.63, 3.8) is 0 Å². The van der Waals surface area contributed by atoms with Gasteiger partial charge in [0.25, 0.3) is 6.43 Å². The van der Waals surface area contributed by atoms with Crippen LogP contribution in [0.1, 0.15) is 26.3 Å². The topological polar surface area (TPSA) is 35.5 Å². The number of anilines is 1. The molecule has 0 atom stereocenters. The molecule has 0 unspecified atom stereocenters. The fraction of sp³-hybridized carbons (Fsp3) is 0.600. The molecule has 21 heavy (non-hydrogen) atoms. The molecule has 0 aromatic heterocycles. The second-order valence-corrected chi connectivity index (χ2v) is 6.37. The summed E-state index contributed by atoms with van der Waals surface area (Å²) in [6.07, 6.45) is -2.47. The van der Waals surface area contributed by atoms with Crippen LogP contribution in [0.4, 0.5) is 14.5 Å². The van der Waals surface area contributed by atoms with Crippen molar-refractivity contribution in [2.75, 3.05) is 24.6 Å². The molecule has 0 spiro atoms. The normalized spacial score (nSPS) is 12.0. The van der Waals surface area contributed by atoms with Crippen LogP contribution in [0.5, 0.6) is 0 Å². The molecule has 0 amide bonds. The van der Waals surface area contributed by atoms with Crippen molar-refractivity contribution in [2.45, 2.75) is 39.3 Å². The van der Waals surface area contributed by atoms with Crippen LogP contribution < -0.4 is 10.2 Å². The van der Waals surface area contributed by atoms with E-state index in [4.69, 9.17) is 16.7 Å². The number of aliphatic hydroxyl groups excluding tert-OH is 1. The molecule has 6 heteroatoms. The Kier molecular flexibility index (Phi) is 6.84. The summed E-state index contributed by atoms with van der Waals surface area (Å²) in [6, 6.07) is 5.23. The Labute approximate surface area is 129 Å². The number of rotatable bonds is 7. The average Bonchev–Trinajstić information content (AvgIpc) is 2.35. The molecule has 2 N–H and O–H groups in total. The molecule has 0 saturated heterocycles. The first-order valence-corrected chi connectivity index (χ1v) is 7.28. The molecule has 0 radical (unpaired) electrons. The van der Waals surface area contributed by atoms with Gasteiger partial charge in [-0.25, -0.2) is 8.78 Å². The molecular weight excluding hydrogens is 298 g/mol. The summed E-state index contributed by atoms with van der Waals surface area (Å²) >= 11 is 5.99. The number of alkyl halides is 2. The van der Waals surface area contributed by atoms with Crippen LogP contribution in [-0.4, -0.2) is 36.8 Å². The van der Waals surface area contributed by atoms with Gasteiger partial charge in [0.2, 0.25) is 0 Å². The molecule has 0 aliphatic heterocycles. The van der Waals surface area contributed by atoms with E-state index in [-0.39, 0.29) is 18.7 Å². The van der Waals surface area contributed by atoms with Crippen molar-refractivity contribution >= 4 is 17.3 Å². The SMILES string of the molecule is CC(C)(C)NCc1ccc(Cl)cc1N(CCO)CC(F)F. The summed E-state index contributed by atoms with van der Waals surface area (Å²) in [5.74, 6) is 0. The number of benzene rings is 1. The van der Waals surface area contributed by atoms with Crippen LogP contribution in [0.15, 0.2) is 18.2 Å². The first kappa shape index (κ1) is 18.1. The van der Waals surface area contributed by atoms with Crippen molar-refractivity contribution in [3.05, 3.63) is 28.8 Å². The van der Waals surface area contributed by atoms with Crippen LogP contribution >= 0.6 is 11.6 Å². The zero-order chi connectivity index (χ0) is 16.0. The summed E-state index contributed by atoms with van der Waals surface area (Å²) in [7, 11) is 0. The summed E-state index contributed by atoms with van der Waals surface area (Å²) in [5.41, 5.74) is 1.43. The Bertz CT molecular complexity index is 450. The molecule has 0 fully saturated rings. The molecule has 120 valence electrons. The number of hydrogen-bond donors (Lipinski definition) is 2. The van der Waals surface area contributed by atoms with Gasteiger partial charge in [-0.05, 0) is 38.5 Å². The van der Waals surface area contributed by atoms with E-state index in [2.05, 4.69) is 5.32 Å². The lowest BCUT2D eigenvalue weighted by molar-refractivity contribution is 0.152. The fourth-order valence-corrected chi connectivity index (χ4v) is 2.10. The lowest BCUT2D eigenvalue weighted by atomic mass is 10.1. The highest BCUT2D eigenvalue weighted by atomic mass is 35.5. The molecule has 1 aromatic rings. The van der Waals surface area contributed by atoms with Gasteiger partial charge in [0, 0.05) is 29.3 Å². The van der Waals surface area contributed by atoms with Gasteiger partial charge >= 0.3 is 0 Å². The highest BCUT2D eigenvalue weighted by molar-refractivity contribution is 6.30. The van der Waals surface area contributed by atoms with Gasteiger partial charge in [0.1, 0.15) is 0 Å². The quantitative estimate of drug-likeness (QED) is 0.809. The van der Waals surface area contributed by atoms with E-state index >= 15 is 0 Å². The molecule has 0 heterocycles. The predicted octanol–water partition coefficient (Wildman–Crippen LogP) is 3.29. The van der Waals surface area contributed by atoms with Gasteiger partial charge < -0.3 is 15.3 Å². The molecule has 0 saturated carbocycles. The lowest BCUT2D eigenvalue weighted by Gasteiger charge is -2.28. The van der Waals surface area contributed by atoms with Gasteiger partial charge in [0.05, 0.1) is 13.2 Å². The van der Waals surface area contributed by atoms with Crippen LogP contribution in [0.25, 0.3) is 0 Å². The third kappa shape index (κ3) is 6.59. The first-order valence-electron chi connectivity index (χ1n) is 6.90. The second-order valence-electron chi connectivity index (χ2n) is 5.94. The molecular formula is C15H23ClF2N2O. The third-order valence-corrected chi connectivity index (χ3v) is 3.16. The highest BCUT2D eigenvalue weighted by Crippen LogP contribution is 2.26. The Morgan fingerprint density at radius 3 is 2.52 bits per heavy atom. The van der Waals surface area contributed by atoms with Crippen molar-refractivity contribution in [1.29, 1.82) is 0 Å². The average molecular weight is 321 g/mol. The number of aliphatic hydroxyl groups is 1. The van der Waals surface area contributed by atoms with Crippen LogP contribution in [0.3, 0.4) is 0 Å². The molecule has 0 bridgehead atoms. The fourth-order valence-electron chi connectivity index (χ4n) is 1.94. The molecule has 3 nitrogen and oxygen atoms in total. The third-order valence-electron chi connectivity index (χ3n) is 2.93. The molecule has 0 aliphatic rings. The number of hydrogen-bond acceptors (Lipinski definition) is 3. The zero-order valence-electron chi connectivity index (χ0n) is 12.7. The van der Waals surface area contributed by atoms with Gasteiger partial charge in [-0.2, -0.15) is 0 Å². The minimum absolute atomic E-state index is 0.0819. The minimum Gasteiger partial charge on any atom is -0.395 e. The summed E-state index contributed by atoms with van der Waals surface area (Å²) in [4.78, 5) is 1.47. The van der Waals surface area contributed by atoms with E-state index in [1.807, 2.05) is 26.8 Å². The van der Waals surface area contributed by atoms with Gasteiger partial charge in [0.15, 0.2) is 0 Å². The van der Waals surface area contributed by atoms with Crippen LogP contribution in [-0.2, 0) is 6.54 Å². The second kappa shape index (κ2) is 7.92. The highest BCUT2D eigenvalue weighted by Gasteiger charge is 2.17. The van der Waals surface area contributed by atoms with Crippen molar-refractivity contribution < 1.29 is 13.9 Å². The maximum absolute atomic E-state index is 12.7. The van der Waals surface area contributed by atoms with E-state index in [1.54, 1.807) is 12.1 Å². The Morgan fingerprint density at radius 1 is 1.33 bits per heavy atom. The number of nitrogens with zero attached hydrogens (tertiary/aromatic N) is 1. The van der Waals surface area contributed by atoms with Gasteiger partial charge in [-0.15, -0.1) is 0 Å². The maximum Gasteiger partial charge on any atom is 0.255 e. The monoisotopic (exact) mass is 320 g/mol. The summed E-state index contributed by atoms with van der Waals surface area (Å²) in [6.45, 7) is 6.18. The van der Waals surface area contributed by atoms with Crippen molar-refractivity contribution in [1.82, 2.24) is 5.32 Å². The van der Waals surface area contributed by atoms with Crippen molar-refractivity contribution in [2.24, 2.45) is 0 Å². The first-order chi connectivity index (χ1) is 9.73. The lowest BCUT2D eigenvalue weighted by Crippen LogP contribution is -2.37. The Morgan fingerprint density at radius 2 is 2.00 bits per heavy atom. The van der Waals surface area contributed by atoms with E-state index in [1.165, 1.54) is 4.90 Å². The molecule has 1 rings (SSSR count). The Balaban J connectivity index is 3.02. The zero-order valence-corrected chi connectivity index (χ0v) is 13.4. The molecule has 1 aromatic carbocycles. The Hall–Kier alpha value is -0.910. The van der Waals surface area contributed by atoms with Gasteiger partial charge in [-0.1, -0.05) is 17.7 Å². The minimum atomic E-state index is -2.47. The standard InChI is InChI=1S/C15H23ClF2N2O/c1-15(2,3)19-9-11-4-5-12(16)8-13(11)20(6-7-21)10-14(17)18/h4-5,8,14,19,21H,6-7,9-10H2,1-3H3. The van der Waals surface area contributed by atoms with E-state index in [9.17, 15) is 8.78 Å².